The van der Waals surface area contributed by atoms with Gasteiger partial charge in [-0.15, -0.1) is 0 Å². The molecular formula is C19H25NO3. The quantitative estimate of drug-likeness (QED) is 0.872. The van der Waals surface area contributed by atoms with E-state index in [1.165, 1.54) is 4.90 Å². The van der Waals surface area contributed by atoms with E-state index in [1.807, 2.05) is 32.0 Å². The summed E-state index contributed by atoms with van der Waals surface area (Å²) >= 11 is 0. The van der Waals surface area contributed by atoms with Gasteiger partial charge in [-0.1, -0.05) is 48.6 Å². The largest absolute Gasteiger partial charge is 0.387 e. The number of aliphatic hydroxyl groups is 1. The molecule has 1 saturated heterocycles. The molecule has 1 aromatic rings. The first-order valence-electron chi connectivity index (χ1n) is 8.52. The van der Waals surface area contributed by atoms with Crippen molar-refractivity contribution in [3.8, 4) is 0 Å². The van der Waals surface area contributed by atoms with Gasteiger partial charge in [0.15, 0.2) is 0 Å². The molecule has 1 aliphatic carbocycles. The van der Waals surface area contributed by atoms with E-state index in [-0.39, 0.29) is 18.4 Å². The fraction of sp³-hybridized carbons (Fsp3) is 0.579. The molecule has 3 rings (SSSR count). The lowest BCUT2D eigenvalue weighted by Crippen LogP contribution is -2.39. The minimum atomic E-state index is -0.819. The van der Waals surface area contributed by atoms with Crippen molar-refractivity contribution < 1.29 is 14.7 Å². The lowest BCUT2D eigenvalue weighted by atomic mass is 9.73. The Labute approximate surface area is 137 Å². The molecule has 1 heterocycles. The van der Waals surface area contributed by atoms with E-state index in [0.29, 0.717) is 6.42 Å². The molecule has 23 heavy (non-hydrogen) atoms. The summed E-state index contributed by atoms with van der Waals surface area (Å²) in [5.41, 5.74) is 2.44. The number of imide groups is 1. The smallest absolute Gasteiger partial charge is 0.236 e. The van der Waals surface area contributed by atoms with Gasteiger partial charge in [-0.05, 0) is 32.3 Å². The first-order valence-corrected chi connectivity index (χ1v) is 8.52. The fourth-order valence-electron chi connectivity index (χ4n) is 4.14. The van der Waals surface area contributed by atoms with Crippen molar-refractivity contribution >= 4 is 11.8 Å². The van der Waals surface area contributed by atoms with Crippen LogP contribution >= 0.6 is 0 Å². The Morgan fingerprint density at radius 1 is 1.09 bits per heavy atom. The normalized spacial score (nSPS) is 22.0. The van der Waals surface area contributed by atoms with E-state index < -0.39 is 11.5 Å². The Bertz CT molecular complexity index is 611. The second-order valence-corrected chi connectivity index (χ2v) is 7.26. The van der Waals surface area contributed by atoms with Crippen LogP contribution in [0.25, 0.3) is 0 Å². The molecule has 124 valence electrons. The molecule has 1 aromatic carbocycles. The van der Waals surface area contributed by atoms with Gasteiger partial charge in [-0.25, -0.2) is 0 Å². The minimum absolute atomic E-state index is 0.0642. The van der Waals surface area contributed by atoms with Crippen molar-refractivity contribution in [2.24, 2.45) is 5.41 Å². The van der Waals surface area contributed by atoms with E-state index in [9.17, 15) is 14.7 Å². The fourth-order valence-corrected chi connectivity index (χ4v) is 4.14. The summed E-state index contributed by atoms with van der Waals surface area (Å²) in [5, 5.41) is 10.5. The third kappa shape index (κ3) is 3.05. The van der Waals surface area contributed by atoms with Crippen LogP contribution in [0.2, 0.25) is 0 Å². The summed E-state index contributed by atoms with van der Waals surface area (Å²) in [6.07, 6.45) is 4.32. The van der Waals surface area contributed by atoms with Crippen LogP contribution in [0.15, 0.2) is 18.2 Å². The maximum Gasteiger partial charge on any atom is 0.236 e. The van der Waals surface area contributed by atoms with Gasteiger partial charge in [0.1, 0.15) is 0 Å². The molecule has 0 radical (unpaired) electrons. The van der Waals surface area contributed by atoms with Gasteiger partial charge in [-0.2, -0.15) is 0 Å². The Morgan fingerprint density at radius 3 is 2.30 bits per heavy atom. The van der Waals surface area contributed by atoms with E-state index in [4.69, 9.17) is 0 Å². The summed E-state index contributed by atoms with van der Waals surface area (Å²) in [6.45, 7) is 4.03. The number of nitrogens with zero attached hydrogens (tertiary/aromatic N) is 1. The highest BCUT2D eigenvalue weighted by molar-refractivity contribution is 6.06. The van der Waals surface area contributed by atoms with Crippen molar-refractivity contribution in [1.82, 2.24) is 4.90 Å². The van der Waals surface area contributed by atoms with E-state index in [2.05, 4.69) is 0 Å². The van der Waals surface area contributed by atoms with Crippen LogP contribution in [0.5, 0.6) is 0 Å². The second kappa shape index (κ2) is 6.08. The predicted molar refractivity (Wildman–Crippen MR) is 87.7 cm³/mol. The second-order valence-electron chi connectivity index (χ2n) is 7.26. The molecule has 0 bridgehead atoms. The van der Waals surface area contributed by atoms with E-state index in [1.54, 1.807) is 0 Å². The number of hydrogen-bond acceptors (Lipinski definition) is 3. The number of aliphatic hydroxyl groups excluding tert-OH is 1. The van der Waals surface area contributed by atoms with E-state index >= 15 is 0 Å². The zero-order chi connectivity index (χ0) is 16.6. The summed E-state index contributed by atoms with van der Waals surface area (Å²) in [7, 11) is 0. The molecule has 1 N–H and O–H groups in total. The highest BCUT2D eigenvalue weighted by atomic mass is 16.3. The third-order valence-electron chi connectivity index (χ3n) is 5.28. The van der Waals surface area contributed by atoms with Crippen molar-refractivity contribution in [3.63, 3.8) is 0 Å². The van der Waals surface area contributed by atoms with Gasteiger partial charge in [0.2, 0.25) is 11.8 Å². The van der Waals surface area contributed by atoms with Crippen LogP contribution in [0.4, 0.5) is 0 Å². The molecule has 2 aliphatic rings. The van der Waals surface area contributed by atoms with Crippen LogP contribution in [-0.2, 0) is 9.59 Å². The lowest BCUT2D eigenvalue weighted by Gasteiger charge is -2.31. The standard InChI is InChI=1S/C19H25NO3/c1-13-8-14(2)10-15(9-13)16(21)12-20-17(22)11-19(18(20)23)6-4-3-5-7-19/h8-10,16,21H,3-7,11-12H2,1-2H3. The summed E-state index contributed by atoms with van der Waals surface area (Å²) in [4.78, 5) is 26.4. The molecule has 4 nitrogen and oxygen atoms in total. The van der Waals surface area contributed by atoms with Crippen LogP contribution in [0, 0.1) is 19.3 Å². The molecular weight excluding hydrogens is 290 g/mol. The van der Waals surface area contributed by atoms with Gasteiger partial charge in [-0.3, -0.25) is 14.5 Å². The van der Waals surface area contributed by atoms with Gasteiger partial charge in [0, 0.05) is 6.42 Å². The molecule has 2 fully saturated rings. The maximum absolute atomic E-state index is 12.8. The monoisotopic (exact) mass is 315 g/mol. The number of benzene rings is 1. The average Bonchev–Trinajstić information content (AvgIpc) is 2.71. The van der Waals surface area contributed by atoms with E-state index in [0.717, 1.165) is 48.8 Å². The summed E-state index contributed by atoms with van der Waals surface area (Å²) in [6, 6.07) is 5.87. The molecule has 1 aliphatic heterocycles. The van der Waals surface area contributed by atoms with Crippen LogP contribution in [0.3, 0.4) is 0 Å². The highest BCUT2D eigenvalue weighted by Gasteiger charge is 2.51. The van der Waals surface area contributed by atoms with Crippen LogP contribution < -0.4 is 0 Å². The van der Waals surface area contributed by atoms with Crippen LogP contribution in [-0.4, -0.2) is 28.4 Å². The number of amides is 2. The summed E-state index contributed by atoms with van der Waals surface area (Å²) in [5.74, 6) is -0.189. The number of likely N-dealkylation sites (tertiary alicyclic amines) is 1. The molecule has 2 amide bonds. The number of rotatable bonds is 3. The third-order valence-corrected chi connectivity index (χ3v) is 5.28. The molecule has 1 atom stereocenters. The maximum atomic E-state index is 12.8. The molecule has 0 aromatic heterocycles. The SMILES string of the molecule is Cc1cc(C)cc(C(O)CN2C(=O)CC3(CCCCC3)C2=O)c1. The van der Waals surface area contributed by atoms with Gasteiger partial charge in [0.05, 0.1) is 18.1 Å². The number of aryl methyl sites for hydroxylation is 2. The summed E-state index contributed by atoms with van der Waals surface area (Å²) < 4.78 is 0. The van der Waals surface area contributed by atoms with Gasteiger partial charge >= 0.3 is 0 Å². The van der Waals surface area contributed by atoms with Crippen molar-refractivity contribution in [2.75, 3.05) is 6.54 Å². The highest BCUT2D eigenvalue weighted by Crippen LogP contribution is 2.45. The minimum Gasteiger partial charge on any atom is -0.387 e. The van der Waals surface area contributed by atoms with Gasteiger partial charge in [0.25, 0.3) is 0 Å². The predicted octanol–water partition coefficient (Wildman–Crippen LogP) is 3.05. The number of carbonyl (C=O) groups is 2. The Morgan fingerprint density at radius 2 is 1.70 bits per heavy atom. The first kappa shape index (κ1) is 16.2. The van der Waals surface area contributed by atoms with Crippen molar-refractivity contribution in [3.05, 3.63) is 34.9 Å². The average molecular weight is 315 g/mol. The number of hydrogen-bond donors (Lipinski definition) is 1. The lowest BCUT2D eigenvalue weighted by molar-refractivity contribution is -0.143. The zero-order valence-electron chi connectivity index (χ0n) is 14.0. The Hall–Kier alpha value is -1.68. The molecule has 1 unspecified atom stereocenters. The number of β-amino-alcohol motifs (C(OH)–C–C–N with tert-alkyl or cyclic N) is 1. The van der Waals surface area contributed by atoms with Crippen LogP contribution in [0.1, 0.15) is 61.3 Å². The zero-order valence-corrected chi connectivity index (χ0v) is 14.0. The van der Waals surface area contributed by atoms with Crippen molar-refractivity contribution in [1.29, 1.82) is 0 Å². The Kier molecular flexibility index (Phi) is 4.28. The molecule has 1 saturated carbocycles. The van der Waals surface area contributed by atoms with Gasteiger partial charge < -0.3 is 5.11 Å². The van der Waals surface area contributed by atoms with Crippen molar-refractivity contribution in [2.45, 2.75) is 58.5 Å². The Balaban J connectivity index is 1.76. The molecule has 1 spiro atoms. The number of carbonyl (C=O) groups excluding carboxylic acids is 2. The topological polar surface area (TPSA) is 57.6 Å². The first-order chi connectivity index (χ1) is 10.9. The molecule has 4 heteroatoms.